The van der Waals surface area contributed by atoms with E-state index in [-0.39, 0.29) is 11.6 Å². The highest BCUT2D eigenvalue weighted by Crippen LogP contribution is 2.20. The fourth-order valence-electron chi connectivity index (χ4n) is 2.34. The minimum atomic E-state index is -0.807. The van der Waals surface area contributed by atoms with Crippen LogP contribution in [0.25, 0.3) is 0 Å². The normalized spacial score (nSPS) is 13.6. The second-order valence-electron chi connectivity index (χ2n) is 5.56. The van der Waals surface area contributed by atoms with Gasteiger partial charge in [0.25, 0.3) is 0 Å². The van der Waals surface area contributed by atoms with Gasteiger partial charge in [-0.15, -0.1) is 0 Å². The van der Waals surface area contributed by atoms with Crippen LogP contribution in [0.5, 0.6) is 0 Å². The zero-order chi connectivity index (χ0) is 20.3. The van der Waals surface area contributed by atoms with Crippen molar-refractivity contribution in [2.45, 2.75) is 26.8 Å². The number of carbonyl (C=O) groups excluding carboxylic acids is 1. The van der Waals surface area contributed by atoms with E-state index in [0.717, 1.165) is 16.7 Å². The SMILES string of the molecule is C=C(/C=C\C(=C/C)C(=C)N(C)C(C(=C)NO)C(=O)NC)C(/C=C\C)=C/C. The molecule has 5 nitrogen and oxygen atoms in total. The molecule has 0 rings (SSSR count). The topological polar surface area (TPSA) is 64.6 Å². The van der Waals surface area contributed by atoms with Gasteiger partial charge in [0.15, 0.2) is 0 Å². The molecule has 1 atom stereocenters. The molecule has 0 aliphatic heterocycles. The van der Waals surface area contributed by atoms with Gasteiger partial charge in [0, 0.05) is 19.8 Å². The molecule has 3 N–H and O–H groups in total. The number of allylic oxidation sites excluding steroid dienone is 8. The highest BCUT2D eigenvalue weighted by Gasteiger charge is 2.27. The molecule has 0 saturated carbocycles. The third-order valence-electron chi connectivity index (χ3n) is 3.92. The smallest absolute Gasteiger partial charge is 0.248 e. The molecule has 0 aliphatic carbocycles. The molecule has 0 saturated heterocycles. The third kappa shape index (κ3) is 6.26. The van der Waals surface area contributed by atoms with Crippen LogP contribution in [0.3, 0.4) is 0 Å². The van der Waals surface area contributed by atoms with E-state index in [2.05, 4.69) is 25.1 Å². The molecule has 142 valence electrons. The Balaban J connectivity index is 5.53. The van der Waals surface area contributed by atoms with Crippen LogP contribution in [0.15, 0.2) is 84.3 Å². The minimum Gasteiger partial charge on any atom is -0.358 e. The quantitative estimate of drug-likeness (QED) is 0.413. The van der Waals surface area contributed by atoms with E-state index in [0.29, 0.717) is 5.70 Å². The molecule has 0 heterocycles. The molecule has 0 spiro atoms. The Labute approximate surface area is 157 Å². The predicted molar refractivity (Wildman–Crippen MR) is 109 cm³/mol. The van der Waals surface area contributed by atoms with Crippen molar-refractivity contribution in [3.8, 4) is 0 Å². The van der Waals surface area contributed by atoms with E-state index < -0.39 is 6.04 Å². The van der Waals surface area contributed by atoms with Gasteiger partial charge in [-0.1, -0.05) is 56.2 Å². The Bertz CT molecular complexity index is 651. The van der Waals surface area contributed by atoms with Crippen molar-refractivity contribution < 1.29 is 10.0 Å². The summed E-state index contributed by atoms with van der Waals surface area (Å²) in [5.41, 5.74) is 5.43. The number of rotatable bonds is 10. The molecular formula is C21H31N3O2. The van der Waals surface area contributed by atoms with Gasteiger partial charge in [-0.25, -0.2) is 0 Å². The van der Waals surface area contributed by atoms with Gasteiger partial charge in [0.05, 0.1) is 5.70 Å². The maximum Gasteiger partial charge on any atom is 0.248 e. The van der Waals surface area contributed by atoms with Crippen molar-refractivity contribution in [3.63, 3.8) is 0 Å². The number of hydrogen-bond donors (Lipinski definition) is 3. The average molecular weight is 357 g/mol. The fraction of sp³-hybridized carbons (Fsp3) is 0.286. The van der Waals surface area contributed by atoms with E-state index in [1.165, 1.54) is 7.05 Å². The van der Waals surface area contributed by atoms with E-state index in [4.69, 9.17) is 5.21 Å². The summed E-state index contributed by atoms with van der Waals surface area (Å²) in [6, 6.07) is -0.807. The van der Waals surface area contributed by atoms with Crippen molar-refractivity contribution in [1.82, 2.24) is 15.7 Å². The van der Waals surface area contributed by atoms with E-state index in [1.807, 2.05) is 62.7 Å². The van der Waals surface area contributed by atoms with Gasteiger partial charge in [-0.05, 0) is 37.5 Å². The molecule has 0 radical (unpaired) electrons. The van der Waals surface area contributed by atoms with Crippen molar-refractivity contribution in [2.24, 2.45) is 0 Å². The van der Waals surface area contributed by atoms with Crippen molar-refractivity contribution >= 4 is 5.91 Å². The van der Waals surface area contributed by atoms with Crippen molar-refractivity contribution in [2.75, 3.05) is 14.1 Å². The Kier molecular flexibility index (Phi) is 10.5. The molecule has 1 amide bonds. The summed E-state index contributed by atoms with van der Waals surface area (Å²) in [5.74, 6) is -0.312. The van der Waals surface area contributed by atoms with Gasteiger partial charge < -0.3 is 10.2 Å². The number of nitrogens with zero attached hydrogens (tertiary/aromatic N) is 1. The Morgan fingerprint density at radius 3 is 2.04 bits per heavy atom. The molecule has 0 fully saturated rings. The van der Waals surface area contributed by atoms with Gasteiger partial charge in [0.1, 0.15) is 6.04 Å². The monoisotopic (exact) mass is 357 g/mol. The number of nitrogens with one attached hydrogen (secondary N) is 2. The maximum absolute atomic E-state index is 12.2. The summed E-state index contributed by atoms with van der Waals surface area (Å²) in [6.45, 7) is 17.6. The highest BCUT2D eigenvalue weighted by atomic mass is 16.5. The number of carbonyl (C=O) groups is 1. The van der Waals surface area contributed by atoms with E-state index in [1.54, 1.807) is 11.9 Å². The standard InChI is InChI=1S/C21H31N3O2/c1-9-12-18(10-2)15(4)13-14-19(11-3)17(6)24(8)20(16(5)23-26)21(25)22-7/h9-14,20,23,26H,4-6H2,1-3,7-8H3,(H,22,25)/b12-9-,14-13-,18-10+,19-11+. The number of amides is 1. The maximum atomic E-state index is 12.2. The van der Waals surface area contributed by atoms with Crippen LogP contribution < -0.4 is 10.8 Å². The molecule has 0 aliphatic rings. The molecule has 0 aromatic heterocycles. The second-order valence-corrected chi connectivity index (χ2v) is 5.56. The van der Waals surface area contributed by atoms with Crippen LogP contribution >= 0.6 is 0 Å². The lowest BCUT2D eigenvalue weighted by atomic mass is 10.0. The summed E-state index contributed by atoms with van der Waals surface area (Å²) >= 11 is 0. The largest absolute Gasteiger partial charge is 0.358 e. The van der Waals surface area contributed by atoms with E-state index in [9.17, 15) is 4.79 Å². The lowest BCUT2D eigenvalue weighted by Gasteiger charge is -2.31. The first-order chi connectivity index (χ1) is 12.3. The Hall–Kier alpha value is -2.79. The molecule has 0 aromatic rings. The summed E-state index contributed by atoms with van der Waals surface area (Å²) in [6.07, 6.45) is 11.6. The van der Waals surface area contributed by atoms with Crippen LogP contribution in [-0.4, -0.2) is 36.2 Å². The third-order valence-corrected chi connectivity index (χ3v) is 3.92. The summed E-state index contributed by atoms with van der Waals surface area (Å²) < 4.78 is 0. The first-order valence-corrected chi connectivity index (χ1v) is 8.34. The zero-order valence-electron chi connectivity index (χ0n) is 16.5. The van der Waals surface area contributed by atoms with Gasteiger partial charge in [-0.2, -0.15) is 0 Å². The van der Waals surface area contributed by atoms with E-state index >= 15 is 0 Å². The van der Waals surface area contributed by atoms with Crippen LogP contribution in [0.1, 0.15) is 20.8 Å². The molecule has 0 bridgehead atoms. The first-order valence-electron chi connectivity index (χ1n) is 8.34. The lowest BCUT2D eigenvalue weighted by Crippen LogP contribution is -2.47. The lowest BCUT2D eigenvalue weighted by molar-refractivity contribution is -0.124. The summed E-state index contributed by atoms with van der Waals surface area (Å²) in [4.78, 5) is 13.8. The van der Waals surface area contributed by atoms with Gasteiger partial charge in [-0.3, -0.25) is 15.5 Å². The first kappa shape index (κ1) is 23.2. The van der Waals surface area contributed by atoms with Gasteiger partial charge in [0.2, 0.25) is 5.91 Å². The van der Waals surface area contributed by atoms with Crippen molar-refractivity contribution in [1.29, 1.82) is 0 Å². The van der Waals surface area contributed by atoms with Crippen molar-refractivity contribution in [3.05, 3.63) is 84.3 Å². The second kappa shape index (κ2) is 11.7. The summed E-state index contributed by atoms with van der Waals surface area (Å²) in [7, 11) is 3.24. The van der Waals surface area contributed by atoms with Crippen LogP contribution in [0, 0.1) is 0 Å². The summed E-state index contributed by atoms with van der Waals surface area (Å²) in [5, 5.41) is 11.7. The zero-order valence-corrected chi connectivity index (χ0v) is 16.5. The molecular weight excluding hydrogens is 326 g/mol. The fourth-order valence-corrected chi connectivity index (χ4v) is 2.34. The van der Waals surface area contributed by atoms with Gasteiger partial charge >= 0.3 is 0 Å². The van der Waals surface area contributed by atoms with Crippen LogP contribution in [-0.2, 0) is 4.79 Å². The minimum absolute atomic E-state index is 0.154. The predicted octanol–water partition coefficient (Wildman–Crippen LogP) is 3.62. The number of likely N-dealkylation sites (N-methyl/N-ethyl adjacent to an activating group) is 2. The molecule has 5 heteroatoms. The number of hydrogen-bond acceptors (Lipinski definition) is 4. The average Bonchev–Trinajstić information content (AvgIpc) is 2.65. The molecule has 26 heavy (non-hydrogen) atoms. The van der Waals surface area contributed by atoms with Crippen LogP contribution in [0.4, 0.5) is 0 Å². The number of hydroxylamine groups is 1. The molecule has 0 aromatic carbocycles. The van der Waals surface area contributed by atoms with Crippen LogP contribution in [0.2, 0.25) is 0 Å². The Morgan fingerprint density at radius 2 is 1.62 bits per heavy atom. The Morgan fingerprint density at radius 1 is 1.04 bits per heavy atom. The molecule has 1 unspecified atom stereocenters. The highest BCUT2D eigenvalue weighted by molar-refractivity contribution is 5.84.